The van der Waals surface area contributed by atoms with Crippen LogP contribution in [0, 0.1) is 0 Å². The van der Waals surface area contributed by atoms with Crippen molar-refractivity contribution < 1.29 is 25.2 Å². The zero-order valence-electron chi connectivity index (χ0n) is 14.4. The molecule has 10 heteroatoms. The lowest BCUT2D eigenvalue weighted by molar-refractivity contribution is -0.250. The Morgan fingerprint density at radius 3 is 2.77 bits per heavy atom. The molecular weight excluding hydrogens is 342 g/mol. The number of ether oxygens (including phenoxy) is 1. The van der Waals surface area contributed by atoms with Crippen LogP contribution in [0.1, 0.15) is 19.6 Å². The fourth-order valence-electron chi connectivity index (χ4n) is 2.85. The molecule has 3 heterocycles. The molecule has 1 aliphatic heterocycles. The zero-order valence-corrected chi connectivity index (χ0v) is 14.4. The largest absolute Gasteiger partial charge is 0.394 e. The predicted octanol–water partition coefficient (Wildman–Crippen LogP) is -1.40. The van der Waals surface area contributed by atoms with Gasteiger partial charge in [0.2, 0.25) is 0 Å². The van der Waals surface area contributed by atoms with Crippen LogP contribution in [-0.4, -0.2) is 77.5 Å². The molecular formula is C16H23N5O5. The van der Waals surface area contributed by atoms with E-state index in [4.69, 9.17) is 4.74 Å². The molecule has 1 fully saturated rings. The number of nitrogens with zero attached hydrogens (tertiary/aromatic N) is 4. The summed E-state index contributed by atoms with van der Waals surface area (Å²) in [5.41, 5.74) is 2.44. The summed E-state index contributed by atoms with van der Waals surface area (Å²) in [6, 6.07) is 0. The molecule has 0 radical (unpaired) electrons. The van der Waals surface area contributed by atoms with E-state index in [1.165, 1.54) is 17.2 Å². The van der Waals surface area contributed by atoms with Crippen molar-refractivity contribution in [2.75, 3.05) is 13.2 Å². The number of hydrogen-bond donors (Lipinski definition) is 5. The highest BCUT2D eigenvalue weighted by molar-refractivity contribution is 5.68. The van der Waals surface area contributed by atoms with Crippen LogP contribution in [0.25, 0.3) is 11.2 Å². The van der Waals surface area contributed by atoms with Gasteiger partial charge in [0, 0.05) is 6.54 Å². The molecule has 3 rings (SSSR count). The third kappa shape index (κ3) is 3.41. The van der Waals surface area contributed by atoms with Crippen LogP contribution >= 0.6 is 0 Å². The molecule has 26 heavy (non-hydrogen) atoms. The molecule has 0 spiro atoms. The van der Waals surface area contributed by atoms with E-state index in [0.29, 0.717) is 23.2 Å². The SMILES string of the molecule is C=C(C)CCN=c1ncn(C2O[C@H](CO)[C@@H](O)[C@H](O)[C@H]2O)c2nc[nH]c12. The molecule has 5 N–H and O–H groups in total. The van der Waals surface area contributed by atoms with Crippen LogP contribution < -0.4 is 5.49 Å². The Morgan fingerprint density at radius 1 is 1.31 bits per heavy atom. The first-order valence-electron chi connectivity index (χ1n) is 8.29. The third-order valence-electron chi connectivity index (χ3n) is 4.33. The fraction of sp³-hybridized carbons (Fsp3) is 0.562. The zero-order chi connectivity index (χ0) is 18.8. The maximum atomic E-state index is 10.3. The van der Waals surface area contributed by atoms with Gasteiger partial charge in [0.25, 0.3) is 0 Å². The monoisotopic (exact) mass is 365 g/mol. The van der Waals surface area contributed by atoms with Gasteiger partial charge in [-0.1, -0.05) is 5.57 Å². The minimum absolute atomic E-state index is 0.415. The Balaban J connectivity index is 1.99. The summed E-state index contributed by atoms with van der Waals surface area (Å²) in [7, 11) is 0. The summed E-state index contributed by atoms with van der Waals surface area (Å²) in [5.74, 6) is 0. The Bertz CT molecular complexity index is 845. The summed E-state index contributed by atoms with van der Waals surface area (Å²) in [6.45, 7) is 5.78. The molecule has 1 saturated heterocycles. The molecule has 10 nitrogen and oxygen atoms in total. The number of rotatable bonds is 5. The van der Waals surface area contributed by atoms with Crippen LogP contribution in [0.5, 0.6) is 0 Å². The number of H-pyrrole nitrogens is 1. The Kier molecular flexibility index (Phi) is 5.49. The number of imidazole rings is 1. The maximum absolute atomic E-state index is 10.3. The van der Waals surface area contributed by atoms with Crippen LogP contribution in [0.15, 0.2) is 29.8 Å². The Morgan fingerprint density at radius 2 is 2.08 bits per heavy atom. The van der Waals surface area contributed by atoms with Crippen LogP contribution in [0.3, 0.4) is 0 Å². The highest BCUT2D eigenvalue weighted by Crippen LogP contribution is 2.29. The van der Waals surface area contributed by atoms with Gasteiger partial charge in [-0.05, 0) is 13.3 Å². The minimum atomic E-state index is -1.48. The van der Waals surface area contributed by atoms with Crippen LogP contribution in [0.2, 0.25) is 0 Å². The highest BCUT2D eigenvalue weighted by atomic mass is 16.6. The fourth-order valence-corrected chi connectivity index (χ4v) is 2.85. The van der Waals surface area contributed by atoms with Crippen molar-refractivity contribution in [2.24, 2.45) is 4.99 Å². The van der Waals surface area contributed by atoms with Crippen LogP contribution in [0.4, 0.5) is 0 Å². The summed E-state index contributed by atoms with van der Waals surface area (Å²) in [4.78, 5) is 15.9. The van der Waals surface area contributed by atoms with E-state index in [9.17, 15) is 20.4 Å². The average Bonchev–Trinajstić information content (AvgIpc) is 3.10. The summed E-state index contributed by atoms with van der Waals surface area (Å²) >= 11 is 0. The standard InChI is InChI=1S/C16H23N5O5/c1-8(2)3-4-17-14-10-15(19-6-18-10)21(7-20-14)16-13(25)12(24)11(23)9(5-22)26-16/h6-7,9,11-13,16,22-25H,1,3-5H2,2H3,(H,18,19)/t9-,11-,12+,13-,16?/m1/s1. The number of aliphatic hydroxyl groups excluding tert-OH is 4. The molecule has 1 unspecified atom stereocenters. The molecule has 0 aromatic carbocycles. The van der Waals surface area contributed by atoms with Crippen molar-refractivity contribution in [3.63, 3.8) is 0 Å². The average molecular weight is 365 g/mol. The molecule has 0 bridgehead atoms. The second-order valence-corrected chi connectivity index (χ2v) is 6.38. The van der Waals surface area contributed by atoms with Crippen molar-refractivity contribution in [3.05, 3.63) is 30.3 Å². The first-order valence-corrected chi connectivity index (χ1v) is 8.29. The lowest BCUT2D eigenvalue weighted by Crippen LogP contribution is -2.56. The van der Waals surface area contributed by atoms with E-state index in [-0.39, 0.29) is 0 Å². The summed E-state index contributed by atoms with van der Waals surface area (Å²) < 4.78 is 7.00. The second-order valence-electron chi connectivity index (χ2n) is 6.38. The van der Waals surface area contributed by atoms with E-state index >= 15 is 0 Å². The Hall–Kier alpha value is -2.11. The topological polar surface area (TPSA) is 149 Å². The van der Waals surface area contributed by atoms with E-state index < -0.39 is 37.3 Å². The molecule has 142 valence electrons. The number of aromatic nitrogens is 4. The van der Waals surface area contributed by atoms with E-state index in [1.54, 1.807) is 0 Å². The number of aliphatic hydroxyl groups is 4. The molecule has 0 aliphatic carbocycles. The van der Waals surface area contributed by atoms with Gasteiger partial charge >= 0.3 is 0 Å². The second kappa shape index (κ2) is 7.64. The van der Waals surface area contributed by atoms with Gasteiger partial charge in [-0.2, -0.15) is 0 Å². The number of aromatic amines is 1. The predicted molar refractivity (Wildman–Crippen MR) is 90.8 cm³/mol. The highest BCUT2D eigenvalue weighted by Gasteiger charge is 2.44. The lowest BCUT2D eigenvalue weighted by atomic mass is 9.98. The van der Waals surface area contributed by atoms with Gasteiger partial charge in [-0.25, -0.2) is 9.97 Å². The molecule has 0 saturated carbocycles. The van der Waals surface area contributed by atoms with Crippen molar-refractivity contribution in [1.82, 2.24) is 19.5 Å². The van der Waals surface area contributed by atoms with E-state index in [0.717, 1.165) is 12.0 Å². The smallest absolute Gasteiger partial charge is 0.176 e. The van der Waals surface area contributed by atoms with Crippen molar-refractivity contribution >= 4 is 11.2 Å². The van der Waals surface area contributed by atoms with Crippen LogP contribution in [-0.2, 0) is 4.74 Å². The number of hydrogen-bond acceptors (Lipinski definition) is 8. The molecule has 5 atom stereocenters. The first kappa shape index (κ1) is 18.7. The van der Waals surface area contributed by atoms with Gasteiger partial charge in [0.1, 0.15) is 36.3 Å². The maximum Gasteiger partial charge on any atom is 0.176 e. The van der Waals surface area contributed by atoms with E-state index in [2.05, 4.69) is 26.5 Å². The number of nitrogens with one attached hydrogen (secondary N) is 1. The van der Waals surface area contributed by atoms with Crippen molar-refractivity contribution in [3.8, 4) is 0 Å². The van der Waals surface area contributed by atoms with Crippen molar-refractivity contribution in [2.45, 2.75) is 44.0 Å². The summed E-state index contributed by atoms with van der Waals surface area (Å²) in [6.07, 6.45) is -2.82. The molecule has 1 aliphatic rings. The molecule has 2 aromatic rings. The molecule has 2 aromatic heterocycles. The van der Waals surface area contributed by atoms with Gasteiger partial charge in [0.15, 0.2) is 17.4 Å². The normalized spacial score (nSPS) is 30.0. The van der Waals surface area contributed by atoms with Gasteiger partial charge in [0.05, 0.1) is 12.9 Å². The van der Waals surface area contributed by atoms with Gasteiger partial charge in [-0.15, -0.1) is 6.58 Å². The van der Waals surface area contributed by atoms with E-state index in [1.807, 2.05) is 6.92 Å². The summed E-state index contributed by atoms with van der Waals surface area (Å²) in [5, 5.41) is 39.6. The first-order chi connectivity index (χ1) is 12.4. The van der Waals surface area contributed by atoms with Crippen molar-refractivity contribution in [1.29, 1.82) is 0 Å². The van der Waals surface area contributed by atoms with Gasteiger partial charge < -0.3 is 30.1 Å². The lowest BCUT2D eigenvalue weighted by Gasteiger charge is -2.40. The third-order valence-corrected chi connectivity index (χ3v) is 4.33. The Labute approximate surface area is 149 Å². The minimum Gasteiger partial charge on any atom is -0.394 e. The van der Waals surface area contributed by atoms with Gasteiger partial charge in [-0.3, -0.25) is 9.56 Å². The number of fused-ring (bicyclic) bond motifs is 1. The quantitative estimate of drug-likeness (QED) is 0.409. The molecule has 0 amide bonds.